The Kier molecular flexibility index (Phi) is 3.61. The number of halogens is 1. The lowest BCUT2D eigenvalue weighted by molar-refractivity contribution is -0.137. The third kappa shape index (κ3) is 2.60. The lowest BCUT2D eigenvalue weighted by Crippen LogP contribution is -2.20. The van der Waals surface area contributed by atoms with Crippen LogP contribution >= 0.6 is 11.6 Å². The summed E-state index contributed by atoms with van der Waals surface area (Å²) < 4.78 is 29.0. The summed E-state index contributed by atoms with van der Waals surface area (Å²) in [5.41, 5.74) is 1.99. The molecule has 1 unspecified atom stereocenters. The van der Waals surface area contributed by atoms with Gasteiger partial charge in [-0.05, 0) is 29.8 Å². The highest BCUT2D eigenvalue weighted by molar-refractivity contribution is 7.89. The van der Waals surface area contributed by atoms with Gasteiger partial charge in [0.25, 0.3) is 0 Å². The summed E-state index contributed by atoms with van der Waals surface area (Å²) in [6.45, 7) is -0.223. The van der Waals surface area contributed by atoms with Crippen molar-refractivity contribution in [1.29, 1.82) is 0 Å². The zero-order valence-corrected chi connectivity index (χ0v) is 14.4. The van der Waals surface area contributed by atoms with E-state index in [0.717, 1.165) is 5.39 Å². The lowest BCUT2D eigenvalue weighted by atomic mass is 9.99. The molecule has 0 fully saturated rings. The van der Waals surface area contributed by atoms with Crippen LogP contribution in [0.2, 0.25) is 5.02 Å². The highest BCUT2D eigenvalue weighted by Crippen LogP contribution is 2.39. The molecule has 0 amide bonds. The summed E-state index contributed by atoms with van der Waals surface area (Å²) in [4.78, 5) is 11.4. The highest BCUT2D eigenvalue weighted by atomic mass is 35.5. The first-order valence-electron chi connectivity index (χ1n) is 7.48. The molecule has 1 atom stereocenters. The zero-order chi connectivity index (χ0) is 17.8. The van der Waals surface area contributed by atoms with Gasteiger partial charge in [0.05, 0.1) is 10.9 Å². The number of carboxylic acid groups (broad SMARTS) is 1. The first-order chi connectivity index (χ1) is 11.9. The second-order valence-corrected chi connectivity index (χ2v) is 7.98. The first-order valence-corrected chi connectivity index (χ1v) is 9.34. The van der Waals surface area contributed by atoms with Gasteiger partial charge < -0.3 is 9.67 Å². The molecule has 1 aliphatic rings. The van der Waals surface area contributed by atoms with E-state index < -0.39 is 22.0 Å². The van der Waals surface area contributed by atoms with Gasteiger partial charge >= 0.3 is 5.97 Å². The van der Waals surface area contributed by atoms with Gasteiger partial charge in [0.1, 0.15) is 6.54 Å². The van der Waals surface area contributed by atoms with Crippen molar-refractivity contribution in [2.24, 2.45) is 0 Å². The molecule has 2 heterocycles. The zero-order valence-electron chi connectivity index (χ0n) is 12.8. The predicted molar refractivity (Wildman–Crippen MR) is 93.2 cm³/mol. The molecule has 0 aliphatic carbocycles. The van der Waals surface area contributed by atoms with Crippen LogP contribution in [0.4, 0.5) is 0 Å². The smallest absolute Gasteiger partial charge is 0.323 e. The Morgan fingerprint density at radius 3 is 2.72 bits per heavy atom. The minimum absolute atomic E-state index is 0.223. The third-order valence-corrected chi connectivity index (χ3v) is 6.02. The molecule has 8 heteroatoms. The van der Waals surface area contributed by atoms with Crippen molar-refractivity contribution in [3.8, 4) is 0 Å². The van der Waals surface area contributed by atoms with Crippen LogP contribution in [-0.4, -0.2) is 24.1 Å². The first kappa shape index (κ1) is 16.1. The maximum atomic E-state index is 12.4. The molecule has 128 valence electrons. The number of benzene rings is 2. The average molecular weight is 377 g/mol. The number of sulfonamides is 1. The van der Waals surface area contributed by atoms with Gasteiger partial charge in [-0.25, -0.2) is 8.42 Å². The van der Waals surface area contributed by atoms with Crippen molar-refractivity contribution in [2.45, 2.75) is 17.5 Å². The van der Waals surface area contributed by atoms with E-state index in [0.29, 0.717) is 21.7 Å². The summed E-state index contributed by atoms with van der Waals surface area (Å²) in [7, 11) is -3.60. The molecule has 0 radical (unpaired) electrons. The van der Waals surface area contributed by atoms with Crippen molar-refractivity contribution in [3.05, 3.63) is 64.8 Å². The van der Waals surface area contributed by atoms with Crippen molar-refractivity contribution in [1.82, 2.24) is 9.29 Å². The number of rotatable bonds is 3. The normalized spacial score (nSPS) is 18.4. The fourth-order valence-corrected chi connectivity index (χ4v) is 4.90. The molecule has 0 saturated heterocycles. The molecule has 0 bridgehead atoms. The van der Waals surface area contributed by atoms with Gasteiger partial charge in [0.15, 0.2) is 0 Å². The van der Waals surface area contributed by atoms with Crippen LogP contribution in [0.5, 0.6) is 0 Å². The molecule has 1 aliphatic heterocycles. The Morgan fingerprint density at radius 2 is 1.96 bits per heavy atom. The van der Waals surface area contributed by atoms with Crippen molar-refractivity contribution < 1.29 is 18.3 Å². The van der Waals surface area contributed by atoms with Crippen molar-refractivity contribution in [3.63, 3.8) is 0 Å². The molecule has 1 aromatic heterocycles. The summed E-state index contributed by atoms with van der Waals surface area (Å²) in [5, 5.41) is 10.4. The van der Waals surface area contributed by atoms with E-state index in [1.807, 2.05) is 0 Å². The Morgan fingerprint density at radius 1 is 1.20 bits per heavy atom. The second kappa shape index (κ2) is 5.59. The molecule has 2 N–H and O–H groups in total. The Bertz CT molecular complexity index is 1120. The van der Waals surface area contributed by atoms with E-state index in [1.54, 1.807) is 53.2 Å². The topological polar surface area (TPSA) is 88.4 Å². The Balaban J connectivity index is 1.96. The molecule has 0 saturated carbocycles. The number of fused-ring (bicyclic) bond motifs is 2. The Hall–Kier alpha value is -2.35. The van der Waals surface area contributed by atoms with Gasteiger partial charge in [0, 0.05) is 27.7 Å². The van der Waals surface area contributed by atoms with Gasteiger partial charge in [-0.1, -0.05) is 29.8 Å². The van der Waals surface area contributed by atoms with Crippen LogP contribution < -0.4 is 4.72 Å². The van der Waals surface area contributed by atoms with E-state index in [1.165, 1.54) is 0 Å². The molecule has 4 rings (SSSR count). The molecular weight excluding hydrogens is 364 g/mol. The monoisotopic (exact) mass is 376 g/mol. The van der Waals surface area contributed by atoms with Crippen LogP contribution in [0, 0.1) is 0 Å². The highest BCUT2D eigenvalue weighted by Gasteiger charge is 2.36. The van der Waals surface area contributed by atoms with E-state index in [2.05, 4.69) is 4.72 Å². The maximum Gasteiger partial charge on any atom is 0.323 e. The standard InChI is InChI=1S/C17H13ClN2O4S/c18-10-5-6-14-12(7-10)13(8-20(14)9-16(21)22)17-11-3-1-2-4-15(11)25(23,24)19-17/h1-8,17,19H,9H2,(H,21,22). The van der Waals surface area contributed by atoms with E-state index in [4.69, 9.17) is 16.7 Å². The minimum atomic E-state index is -3.60. The summed E-state index contributed by atoms with van der Waals surface area (Å²) >= 11 is 6.10. The van der Waals surface area contributed by atoms with Crippen LogP contribution in [0.25, 0.3) is 10.9 Å². The molecular formula is C17H13ClN2O4S. The lowest BCUT2D eigenvalue weighted by Gasteiger charge is -2.09. The van der Waals surface area contributed by atoms with E-state index in [9.17, 15) is 13.2 Å². The number of nitrogens with one attached hydrogen (secondary N) is 1. The van der Waals surface area contributed by atoms with Gasteiger partial charge in [-0.2, -0.15) is 4.72 Å². The van der Waals surface area contributed by atoms with Gasteiger partial charge in [-0.3, -0.25) is 4.79 Å². The number of nitrogens with zero attached hydrogens (tertiary/aromatic N) is 1. The van der Waals surface area contributed by atoms with E-state index >= 15 is 0 Å². The summed E-state index contributed by atoms with van der Waals surface area (Å²) in [5.74, 6) is -0.981. The SMILES string of the molecule is O=C(O)Cn1cc(C2NS(=O)(=O)c3ccccc32)c2cc(Cl)ccc21. The molecule has 0 spiro atoms. The fourth-order valence-electron chi connectivity index (χ4n) is 3.28. The number of hydrogen-bond acceptors (Lipinski definition) is 3. The molecule has 6 nitrogen and oxygen atoms in total. The van der Waals surface area contributed by atoms with Crippen molar-refractivity contribution in [2.75, 3.05) is 0 Å². The van der Waals surface area contributed by atoms with Gasteiger partial charge in [-0.15, -0.1) is 0 Å². The number of aromatic nitrogens is 1. The number of carboxylic acids is 1. The third-order valence-electron chi connectivity index (χ3n) is 4.28. The van der Waals surface area contributed by atoms with Crippen LogP contribution in [0.15, 0.2) is 53.6 Å². The summed E-state index contributed by atoms with van der Waals surface area (Å²) in [6, 6.07) is 11.3. The van der Waals surface area contributed by atoms with E-state index in [-0.39, 0.29) is 11.4 Å². The van der Waals surface area contributed by atoms with Gasteiger partial charge in [0.2, 0.25) is 10.0 Å². The Labute approximate surface area is 148 Å². The fraction of sp³-hybridized carbons (Fsp3) is 0.118. The molecule has 3 aromatic rings. The average Bonchev–Trinajstić information content (AvgIpc) is 3.02. The number of aliphatic carboxylic acids is 1. The molecule has 25 heavy (non-hydrogen) atoms. The van der Waals surface area contributed by atoms with Crippen LogP contribution in [0.3, 0.4) is 0 Å². The second-order valence-electron chi connectivity index (χ2n) is 5.86. The maximum absolute atomic E-state index is 12.4. The van der Waals surface area contributed by atoms with Crippen LogP contribution in [-0.2, 0) is 21.4 Å². The summed E-state index contributed by atoms with van der Waals surface area (Å²) in [6.07, 6.45) is 1.67. The van der Waals surface area contributed by atoms with Crippen molar-refractivity contribution >= 4 is 38.5 Å². The minimum Gasteiger partial charge on any atom is -0.480 e. The number of carbonyl (C=O) groups is 1. The number of hydrogen-bond donors (Lipinski definition) is 2. The predicted octanol–water partition coefficient (Wildman–Crippen LogP) is 2.76. The largest absolute Gasteiger partial charge is 0.480 e. The quantitative estimate of drug-likeness (QED) is 0.735. The molecule has 2 aromatic carbocycles. The van der Waals surface area contributed by atoms with Crippen LogP contribution in [0.1, 0.15) is 17.2 Å².